The monoisotopic (exact) mass is 245 g/mol. The second-order valence-corrected chi connectivity index (χ2v) is 5.42. The van der Waals surface area contributed by atoms with E-state index in [1.54, 1.807) is 0 Å². The van der Waals surface area contributed by atoms with Gasteiger partial charge in [-0.3, -0.25) is 9.78 Å². The summed E-state index contributed by atoms with van der Waals surface area (Å²) < 4.78 is 0. The van der Waals surface area contributed by atoms with Crippen LogP contribution in [0.25, 0.3) is 0 Å². The van der Waals surface area contributed by atoms with E-state index >= 15 is 0 Å². The molecule has 0 unspecified atom stereocenters. The maximum Gasteiger partial charge on any atom is 0.132 e. The van der Waals surface area contributed by atoms with Gasteiger partial charge >= 0.3 is 0 Å². The van der Waals surface area contributed by atoms with Crippen molar-refractivity contribution in [2.75, 3.05) is 0 Å². The van der Waals surface area contributed by atoms with Gasteiger partial charge in [0.1, 0.15) is 5.78 Å². The highest BCUT2D eigenvalue weighted by molar-refractivity contribution is 5.78. The molecule has 0 N–H and O–H groups in total. The van der Waals surface area contributed by atoms with Gasteiger partial charge in [-0.05, 0) is 37.3 Å². The molecule has 2 nitrogen and oxygen atoms in total. The normalized spacial score (nSPS) is 19.7. The number of aromatic nitrogens is 1. The van der Waals surface area contributed by atoms with Gasteiger partial charge in [0.05, 0.1) is 0 Å². The summed E-state index contributed by atoms with van der Waals surface area (Å²) in [4.78, 5) is 15.9. The number of carbonyl (C=O) groups excluding carboxylic acids is 1. The van der Waals surface area contributed by atoms with Crippen molar-refractivity contribution in [3.63, 3.8) is 0 Å². The van der Waals surface area contributed by atoms with Crippen LogP contribution in [-0.4, -0.2) is 10.8 Å². The molecule has 1 aliphatic rings. The van der Waals surface area contributed by atoms with Crippen LogP contribution >= 0.6 is 0 Å². The third kappa shape index (κ3) is 4.59. The summed E-state index contributed by atoms with van der Waals surface area (Å²) in [6.45, 7) is 0. The van der Waals surface area contributed by atoms with Gasteiger partial charge < -0.3 is 0 Å². The van der Waals surface area contributed by atoms with E-state index in [0.29, 0.717) is 5.78 Å². The second kappa shape index (κ2) is 7.30. The molecule has 2 rings (SSSR count). The molecule has 1 aromatic rings. The number of rotatable bonds is 2. The van der Waals surface area contributed by atoms with E-state index < -0.39 is 0 Å². The first-order valence-corrected chi connectivity index (χ1v) is 7.26. The van der Waals surface area contributed by atoms with Gasteiger partial charge in [-0.25, -0.2) is 0 Å². The van der Waals surface area contributed by atoms with Crippen molar-refractivity contribution in [3.8, 4) is 0 Å². The smallest absolute Gasteiger partial charge is 0.132 e. The Hall–Kier alpha value is -1.18. The summed E-state index contributed by atoms with van der Waals surface area (Å²) in [5, 5.41) is 0. The van der Waals surface area contributed by atoms with Crippen molar-refractivity contribution < 1.29 is 4.79 Å². The van der Waals surface area contributed by atoms with Gasteiger partial charge in [-0.1, -0.05) is 31.7 Å². The zero-order valence-corrected chi connectivity index (χ0v) is 11.1. The molecular formula is C16H23NO. The Balaban J connectivity index is 1.85. The zero-order valence-electron chi connectivity index (χ0n) is 11.1. The van der Waals surface area contributed by atoms with Crippen molar-refractivity contribution in [2.45, 2.75) is 57.8 Å². The van der Waals surface area contributed by atoms with Gasteiger partial charge in [0.15, 0.2) is 0 Å². The first kappa shape index (κ1) is 13.3. The fourth-order valence-electron chi connectivity index (χ4n) is 2.80. The minimum absolute atomic E-state index is 0.471. The average Bonchev–Trinajstić information content (AvgIpc) is 2.40. The van der Waals surface area contributed by atoms with Crippen LogP contribution in [0.2, 0.25) is 0 Å². The molecule has 0 amide bonds. The van der Waals surface area contributed by atoms with Crippen LogP contribution in [0.15, 0.2) is 24.4 Å². The molecule has 18 heavy (non-hydrogen) atoms. The van der Waals surface area contributed by atoms with Gasteiger partial charge in [0, 0.05) is 24.7 Å². The topological polar surface area (TPSA) is 30.0 Å². The van der Waals surface area contributed by atoms with E-state index in [-0.39, 0.29) is 0 Å². The fourth-order valence-corrected chi connectivity index (χ4v) is 2.80. The van der Waals surface area contributed by atoms with Crippen LogP contribution in [0, 0.1) is 5.92 Å². The lowest BCUT2D eigenvalue weighted by atomic mass is 9.88. The molecule has 0 spiro atoms. The zero-order chi connectivity index (χ0) is 12.6. The molecule has 2 heteroatoms. The molecule has 0 saturated heterocycles. The van der Waals surface area contributed by atoms with Crippen LogP contribution < -0.4 is 0 Å². The fraction of sp³-hybridized carbons (Fsp3) is 0.625. The lowest BCUT2D eigenvalue weighted by molar-refractivity contribution is -0.119. The third-order valence-corrected chi connectivity index (χ3v) is 3.86. The molecule has 98 valence electrons. The summed E-state index contributed by atoms with van der Waals surface area (Å²) in [6.07, 6.45) is 11.7. The van der Waals surface area contributed by atoms with E-state index in [1.807, 2.05) is 12.3 Å². The van der Waals surface area contributed by atoms with Crippen LogP contribution in [0.3, 0.4) is 0 Å². The molecule has 0 radical (unpaired) electrons. The second-order valence-electron chi connectivity index (χ2n) is 5.42. The first-order chi connectivity index (χ1) is 8.84. The van der Waals surface area contributed by atoms with Gasteiger partial charge in [-0.2, -0.15) is 0 Å². The molecule has 1 fully saturated rings. The molecule has 1 saturated carbocycles. The third-order valence-electron chi connectivity index (χ3n) is 3.86. The van der Waals surface area contributed by atoms with Crippen molar-refractivity contribution in [2.24, 2.45) is 5.92 Å². The Bertz CT molecular complexity index is 347. The SMILES string of the molecule is O=C1CCCCC(Cc2ccccn2)CCCC1. The van der Waals surface area contributed by atoms with E-state index in [0.717, 1.165) is 38.0 Å². The summed E-state index contributed by atoms with van der Waals surface area (Å²) in [7, 11) is 0. The van der Waals surface area contributed by atoms with Crippen molar-refractivity contribution in [1.82, 2.24) is 4.98 Å². The van der Waals surface area contributed by atoms with Crippen molar-refractivity contribution >= 4 is 5.78 Å². The van der Waals surface area contributed by atoms with E-state index in [4.69, 9.17) is 0 Å². The molecular weight excluding hydrogens is 222 g/mol. The number of pyridine rings is 1. The Morgan fingerprint density at radius 1 is 1.06 bits per heavy atom. The maximum absolute atomic E-state index is 11.5. The Morgan fingerprint density at radius 3 is 2.39 bits per heavy atom. The quantitative estimate of drug-likeness (QED) is 0.789. The highest BCUT2D eigenvalue weighted by atomic mass is 16.1. The first-order valence-electron chi connectivity index (χ1n) is 7.26. The Kier molecular flexibility index (Phi) is 5.37. The maximum atomic E-state index is 11.5. The van der Waals surface area contributed by atoms with Crippen LogP contribution in [-0.2, 0) is 11.2 Å². The molecule has 0 aromatic carbocycles. The molecule has 0 aliphatic heterocycles. The average molecular weight is 245 g/mol. The van der Waals surface area contributed by atoms with Gasteiger partial charge in [-0.15, -0.1) is 0 Å². The largest absolute Gasteiger partial charge is 0.300 e. The van der Waals surface area contributed by atoms with Crippen LogP contribution in [0.4, 0.5) is 0 Å². The molecule has 1 heterocycles. The summed E-state index contributed by atoms with van der Waals surface area (Å²) in [5.41, 5.74) is 1.22. The number of ketones is 1. The van der Waals surface area contributed by atoms with Crippen LogP contribution in [0.5, 0.6) is 0 Å². The predicted octanol–water partition coefficient (Wildman–Crippen LogP) is 3.94. The highest BCUT2D eigenvalue weighted by Gasteiger charge is 2.13. The van der Waals surface area contributed by atoms with Gasteiger partial charge in [0.2, 0.25) is 0 Å². The van der Waals surface area contributed by atoms with Gasteiger partial charge in [0.25, 0.3) is 0 Å². The summed E-state index contributed by atoms with van der Waals surface area (Å²) in [6, 6.07) is 6.17. The summed E-state index contributed by atoms with van der Waals surface area (Å²) >= 11 is 0. The molecule has 0 bridgehead atoms. The Labute approximate surface area is 110 Å². The summed E-state index contributed by atoms with van der Waals surface area (Å²) in [5.74, 6) is 1.23. The lowest BCUT2D eigenvalue weighted by Crippen LogP contribution is -2.09. The number of carbonyl (C=O) groups is 1. The van der Waals surface area contributed by atoms with Crippen LogP contribution in [0.1, 0.15) is 57.1 Å². The minimum atomic E-state index is 0.471. The van der Waals surface area contributed by atoms with Crippen molar-refractivity contribution in [3.05, 3.63) is 30.1 Å². The molecule has 0 atom stereocenters. The Morgan fingerprint density at radius 2 is 1.78 bits per heavy atom. The molecule has 1 aromatic heterocycles. The standard InChI is InChI=1S/C16H23NO/c18-16-10-3-1-7-14(8-2-4-11-16)13-15-9-5-6-12-17-15/h5-6,9,12,14H,1-4,7-8,10-11,13H2. The number of Topliss-reactive ketones (excluding diaryl/α,β-unsaturated/α-hetero) is 1. The lowest BCUT2D eigenvalue weighted by Gasteiger charge is -2.17. The number of hydrogen-bond acceptors (Lipinski definition) is 2. The van der Waals surface area contributed by atoms with E-state index in [2.05, 4.69) is 17.1 Å². The van der Waals surface area contributed by atoms with Crippen molar-refractivity contribution in [1.29, 1.82) is 0 Å². The van der Waals surface area contributed by atoms with E-state index in [9.17, 15) is 4.79 Å². The number of nitrogens with zero attached hydrogens (tertiary/aromatic N) is 1. The highest BCUT2D eigenvalue weighted by Crippen LogP contribution is 2.23. The minimum Gasteiger partial charge on any atom is -0.300 e. The number of hydrogen-bond donors (Lipinski definition) is 0. The van der Waals surface area contributed by atoms with E-state index in [1.165, 1.54) is 31.4 Å². The predicted molar refractivity (Wildman–Crippen MR) is 73.4 cm³/mol. The molecule has 1 aliphatic carbocycles.